The van der Waals surface area contributed by atoms with Crippen LogP contribution in [0, 0.1) is 6.92 Å². The average Bonchev–Trinajstić information content (AvgIpc) is 2.92. The smallest absolute Gasteiger partial charge is 0.256 e. The van der Waals surface area contributed by atoms with Gasteiger partial charge in [-0.1, -0.05) is 6.07 Å². The van der Waals surface area contributed by atoms with Gasteiger partial charge in [0.15, 0.2) is 0 Å². The van der Waals surface area contributed by atoms with Gasteiger partial charge in [-0.2, -0.15) is 0 Å². The fraction of sp³-hybridized carbons (Fsp3) is 0.533. The molecule has 1 fully saturated rings. The largest absolute Gasteiger partial charge is 0.396 e. The molecule has 1 atom stereocenters. The Balaban J connectivity index is 2.17. The first-order chi connectivity index (χ1) is 9.67. The van der Waals surface area contributed by atoms with Crippen molar-refractivity contribution in [3.8, 4) is 0 Å². The number of nitrogens with two attached hydrogens (primary N) is 1. The second kappa shape index (κ2) is 6.72. The van der Waals surface area contributed by atoms with E-state index in [-0.39, 0.29) is 18.6 Å². The van der Waals surface area contributed by atoms with Crippen LogP contribution >= 0.6 is 0 Å². The molecule has 4 N–H and O–H groups in total. The Morgan fingerprint density at radius 3 is 3.05 bits per heavy atom. The predicted molar refractivity (Wildman–Crippen MR) is 79.4 cm³/mol. The van der Waals surface area contributed by atoms with Crippen molar-refractivity contribution < 1.29 is 9.90 Å². The van der Waals surface area contributed by atoms with Crippen LogP contribution in [0.4, 0.5) is 5.69 Å². The Hall–Kier alpha value is -1.59. The number of aryl methyl sites for hydroxylation is 1. The van der Waals surface area contributed by atoms with Crippen LogP contribution in [0.1, 0.15) is 41.6 Å². The van der Waals surface area contributed by atoms with Crippen LogP contribution < -0.4 is 11.3 Å². The second-order valence-electron chi connectivity index (χ2n) is 5.35. The first-order valence-electron chi connectivity index (χ1n) is 7.16. The van der Waals surface area contributed by atoms with Gasteiger partial charge in [0.1, 0.15) is 0 Å². The minimum absolute atomic E-state index is 0.0263. The fourth-order valence-electron chi connectivity index (χ4n) is 2.85. The molecule has 0 aromatic heterocycles. The van der Waals surface area contributed by atoms with Crippen molar-refractivity contribution in [3.05, 3.63) is 29.3 Å². The first-order valence-corrected chi connectivity index (χ1v) is 7.16. The molecule has 20 heavy (non-hydrogen) atoms. The summed E-state index contributed by atoms with van der Waals surface area (Å²) in [6.45, 7) is 2.93. The molecule has 1 aliphatic rings. The highest BCUT2D eigenvalue weighted by Crippen LogP contribution is 2.26. The monoisotopic (exact) mass is 277 g/mol. The molecule has 0 aliphatic carbocycles. The van der Waals surface area contributed by atoms with Crippen molar-refractivity contribution in [1.29, 1.82) is 0 Å². The standard InChI is InChI=1S/C15H23N3O2/c1-11-6-7-13(14(10-11)17-16)15(20)18-8-2-4-12(18)5-3-9-19/h6-7,10,12,17,19H,2-5,8-9,16H2,1H3. The summed E-state index contributed by atoms with van der Waals surface area (Å²) in [6, 6.07) is 5.87. The van der Waals surface area contributed by atoms with Gasteiger partial charge >= 0.3 is 0 Å². The molecule has 0 radical (unpaired) electrons. The summed E-state index contributed by atoms with van der Waals surface area (Å²) in [5.74, 6) is 5.54. The van der Waals surface area contributed by atoms with E-state index in [2.05, 4.69) is 5.43 Å². The molecule has 1 aromatic rings. The molecule has 1 unspecified atom stereocenters. The van der Waals surface area contributed by atoms with E-state index < -0.39 is 0 Å². The number of hydrogen-bond acceptors (Lipinski definition) is 4. The number of hydrogen-bond donors (Lipinski definition) is 3. The lowest BCUT2D eigenvalue weighted by molar-refractivity contribution is 0.0725. The van der Waals surface area contributed by atoms with Crippen LogP contribution in [-0.2, 0) is 0 Å². The van der Waals surface area contributed by atoms with Crippen LogP contribution in [0.5, 0.6) is 0 Å². The Labute approximate surface area is 119 Å². The number of rotatable bonds is 5. The molecule has 1 aliphatic heterocycles. The zero-order valence-corrected chi connectivity index (χ0v) is 11.9. The molecule has 1 amide bonds. The van der Waals surface area contributed by atoms with E-state index in [9.17, 15) is 4.79 Å². The minimum Gasteiger partial charge on any atom is -0.396 e. The number of carbonyl (C=O) groups is 1. The number of anilines is 1. The summed E-state index contributed by atoms with van der Waals surface area (Å²) in [5, 5.41) is 8.95. The number of aliphatic hydroxyl groups is 1. The maximum absolute atomic E-state index is 12.7. The van der Waals surface area contributed by atoms with Crippen molar-refractivity contribution in [3.63, 3.8) is 0 Å². The molecule has 1 heterocycles. The Morgan fingerprint density at radius 1 is 1.55 bits per heavy atom. The summed E-state index contributed by atoms with van der Waals surface area (Å²) < 4.78 is 0. The van der Waals surface area contributed by atoms with Crippen LogP contribution in [-0.4, -0.2) is 35.1 Å². The quantitative estimate of drug-likeness (QED) is 0.565. The number of aliphatic hydroxyl groups excluding tert-OH is 1. The van der Waals surface area contributed by atoms with Crippen LogP contribution in [0.25, 0.3) is 0 Å². The van der Waals surface area contributed by atoms with Gasteiger partial charge in [-0.15, -0.1) is 0 Å². The number of carbonyl (C=O) groups excluding carboxylic acids is 1. The third kappa shape index (κ3) is 3.11. The normalized spacial score (nSPS) is 18.4. The first kappa shape index (κ1) is 14.8. The van der Waals surface area contributed by atoms with E-state index in [1.54, 1.807) is 0 Å². The summed E-state index contributed by atoms with van der Waals surface area (Å²) in [4.78, 5) is 14.6. The highest BCUT2D eigenvalue weighted by molar-refractivity contribution is 6.00. The highest BCUT2D eigenvalue weighted by Gasteiger charge is 2.29. The number of likely N-dealkylation sites (tertiary alicyclic amines) is 1. The number of nitrogens with one attached hydrogen (secondary N) is 1. The predicted octanol–water partition coefficient (Wildman–Crippen LogP) is 1.66. The zero-order valence-electron chi connectivity index (χ0n) is 11.9. The maximum Gasteiger partial charge on any atom is 0.256 e. The van der Waals surface area contributed by atoms with Gasteiger partial charge in [0.25, 0.3) is 5.91 Å². The van der Waals surface area contributed by atoms with Crippen LogP contribution in [0.2, 0.25) is 0 Å². The third-order valence-corrected chi connectivity index (χ3v) is 3.89. The van der Waals surface area contributed by atoms with Gasteiger partial charge < -0.3 is 15.4 Å². The van der Waals surface area contributed by atoms with Gasteiger partial charge in [-0.25, -0.2) is 0 Å². The lowest BCUT2D eigenvalue weighted by Gasteiger charge is -2.25. The molecular formula is C15H23N3O2. The second-order valence-corrected chi connectivity index (χ2v) is 5.35. The SMILES string of the molecule is Cc1ccc(C(=O)N2CCCC2CCCO)c(NN)c1. The average molecular weight is 277 g/mol. The number of benzene rings is 1. The van der Waals surface area contributed by atoms with E-state index in [0.717, 1.165) is 37.8 Å². The van der Waals surface area contributed by atoms with E-state index in [0.29, 0.717) is 11.3 Å². The lowest BCUT2D eigenvalue weighted by Crippen LogP contribution is -2.36. The molecule has 5 nitrogen and oxygen atoms in total. The van der Waals surface area contributed by atoms with E-state index in [4.69, 9.17) is 10.9 Å². The topological polar surface area (TPSA) is 78.6 Å². The molecule has 110 valence electrons. The summed E-state index contributed by atoms with van der Waals surface area (Å²) in [5.41, 5.74) is 4.96. The number of amides is 1. The van der Waals surface area contributed by atoms with Crippen molar-refractivity contribution in [2.75, 3.05) is 18.6 Å². The van der Waals surface area contributed by atoms with Gasteiger partial charge in [-0.05, 0) is 50.3 Å². The third-order valence-electron chi connectivity index (χ3n) is 3.89. The Bertz CT molecular complexity index is 476. The van der Waals surface area contributed by atoms with Crippen LogP contribution in [0.3, 0.4) is 0 Å². The molecular weight excluding hydrogens is 254 g/mol. The molecule has 1 saturated heterocycles. The van der Waals surface area contributed by atoms with Crippen molar-refractivity contribution >= 4 is 11.6 Å². The van der Waals surface area contributed by atoms with E-state index in [1.165, 1.54) is 0 Å². The number of hydrazine groups is 1. The van der Waals surface area contributed by atoms with Crippen molar-refractivity contribution in [2.24, 2.45) is 5.84 Å². The molecule has 1 aromatic carbocycles. The van der Waals surface area contributed by atoms with Crippen LogP contribution in [0.15, 0.2) is 18.2 Å². The van der Waals surface area contributed by atoms with Crippen molar-refractivity contribution in [1.82, 2.24) is 4.90 Å². The highest BCUT2D eigenvalue weighted by atomic mass is 16.3. The number of nitrogen functional groups attached to an aromatic ring is 1. The number of nitrogens with zero attached hydrogens (tertiary/aromatic N) is 1. The Kier molecular flexibility index (Phi) is 4.98. The maximum atomic E-state index is 12.7. The molecule has 0 saturated carbocycles. The van der Waals surface area contributed by atoms with E-state index in [1.807, 2.05) is 30.0 Å². The molecule has 0 spiro atoms. The van der Waals surface area contributed by atoms with E-state index >= 15 is 0 Å². The molecule has 0 bridgehead atoms. The lowest BCUT2D eigenvalue weighted by atomic mass is 10.1. The van der Waals surface area contributed by atoms with Gasteiger partial charge in [-0.3, -0.25) is 10.6 Å². The summed E-state index contributed by atoms with van der Waals surface area (Å²) in [6.07, 6.45) is 3.64. The fourth-order valence-corrected chi connectivity index (χ4v) is 2.85. The van der Waals surface area contributed by atoms with Gasteiger partial charge in [0, 0.05) is 19.2 Å². The molecule has 5 heteroatoms. The summed E-state index contributed by atoms with van der Waals surface area (Å²) in [7, 11) is 0. The summed E-state index contributed by atoms with van der Waals surface area (Å²) >= 11 is 0. The van der Waals surface area contributed by atoms with Gasteiger partial charge in [0.05, 0.1) is 11.3 Å². The molecule has 2 rings (SSSR count). The zero-order chi connectivity index (χ0) is 14.5. The minimum atomic E-state index is 0.0263. The van der Waals surface area contributed by atoms with Gasteiger partial charge in [0.2, 0.25) is 0 Å². The Morgan fingerprint density at radius 2 is 2.35 bits per heavy atom. The van der Waals surface area contributed by atoms with Crippen molar-refractivity contribution in [2.45, 2.75) is 38.6 Å².